The molecule has 0 aromatic carbocycles. The minimum atomic E-state index is -0.535. The first-order valence-electron chi connectivity index (χ1n) is 6.19. The zero-order valence-corrected chi connectivity index (χ0v) is 11.2. The zero-order chi connectivity index (χ0) is 14.0. The number of hydrogen-bond donors (Lipinski definition) is 2. The van der Waals surface area contributed by atoms with Crippen LogP contribution in [0.4, 0.5) is 0 Å². The maximum atomic E-state index is 11.0. The van der Waals surface area contributed by atoms with Crippen molar-refractivity contribution in [3.05, 3.63) is 0 Å². The van der Waals surface area contributed by atoms with Gasteiger partial charge in [0.15, 0.2) is 0 Å². The fraction of sp³-hybridized carbons (Fsp3) is 0.833. The lowest BCUT2D eigenvalue weighted by Gasteiger charge is -2.10. The van der Waals surface area contributed by atoms with Crippen molar-refractivity contribution in [2.75, 3.05) is 14.2 Å². The average Bonchev–Trinajstić information content (AvgIpc) is 2.39. The van der Waals surface area contributed by atoms with Crippen LogP contribution in [-0.4, -0.2) is 38.2 Å². The highest BCUT2D eigenvalue weighted by molar-refractivity contribution is 5.75. The molecule has 6 nitrogen and oxygen atoms in total. The van der Waals surface area contributed by atoms with Gasteiger partial charge >= 0.3 is 11.9 Å². The van der Waals surface area contributed by atoms with Crippen LogP contribution in [0.3, 0.4) is 0 Å². The summed E-state index contributed by atoms with van der Waals surface area (Å²) in [5.74, 6) is -0.745. The molecule has 4 N–H and O–H groups in total. The fourth-order valence-corrected chi connectivity index (χ4v) is 1.62. The number of hydrogen-bond acceptors (Lipinski definition) is 6. The second-order valence-electron chi connectivity index (χ2n) is 4.25. The molecule has 0 rings (SSSR count). The third-order valence-corrected chi connectivity index (χ3v) is 2.79. The summed E-state index contributed by atoms with van der Waals surface area (Å²) in [7, 11) is 2.66. The Kier molecular flexibility index (Phi) is 9.22. The molecule has 0 aliphatic rings. The molecule has 0 aliphatic heterocycles. The Balaban J connectivity index is 3.46. The van der Waals surface area contributed by atoms with E-state index in [1.54, 1.807) is 0 Å². The molecule has 0 heterocycles. The predicted molar refractivity (Wildman–Crippen MR) is 67.7 cm³/mol. The van der Waals surface area contributed by atoms with Gasteiger partial charge in [-0.15, -0.1) is 0 Å². The number of methoxy groups -OCH3 is 2. The van der Waals surface area contributed by atoms with Gasteiger partial charge in [-0.2, -0.15) is 0 Å². The summed E-state index contributed by atoms with van der Waals surface area (Å²) in [4.78, 5) is 22.0. The number of carbonyl (C=O) groups is 2. The molecule has 6 heteroatoms. The molecule has 0 aromatic rings. The maximum Gasteiger partial charge on any atom is 0.322 e. The topological polar surface area (TPSA) is 105 Å². The summed E-state index contributed by atoms with van der Waals surface area (Å²) in [5, 5.41) is 0. The maximum absolute atomic E-state index is 11.0. The van der Waals surface area contributed by atoms with Crippen molar-refractivity contribution in [3.63, 3.8) is 0 Å². The van der Waals surface area contributed by atoms with E-state index in [1.165, 1.54) is 14.2 Å². The van der Waals surface area contributed by atoms with Crippen LogP contribution in [-0.2, 0) is 19.1 Å². The van der Waals surface area contributed by atoms with Gasteiger partial charge in [-0.3, -0.25) is 9.59 Å². The minimum Gasteiger partial charge on any atom is -0.468 e. The highest BCUT2D eigenvalue weighted by Crippen LogP contribution is 2.08. The standard InChI is InChI=1S/C12H24N2O4/c1-17-11(15)9(13)7-5-3-4-6-8-10(14)12(16)18-2/h9-10H,3-8,13-14H2,1-2H3/t9-,10-/m0/s1. The Labute approximate surface area is 108 Å². The molecule has 0 saturated carbocycles. The van der Waals surface area contributed by atoms with E-state index in [1.807, 2.05) is 0 Å². The molecule has 0 aromatic heterocycles. The molecule has 2 atom stereocenters. The van der Waals surface area contributed by atoms with Gasteiger partial charge in [-0.1, -0.05) is 25.7 Å². The monoisotopic (exact) mass is 260 g/mol. The summed E-state index contributed by atoms with van der Waals surface area (Å²) < 4.78 is 9.06. The van der Waals surface area contributed by atoms with E-state index in [4.69, 9.17) is 11.5 Å². The van der Waals surface area contributed by atoms with Crippen molar-refractivity contribution in [2.45, 2.75) is 50.6 Å². The third kappa shape index (κ3) is 7.24. The van der Waals surface area contributed by atoms with E-state index in [0.717, 1.165) is 25.7 Å². The summed E-state index contributed by atoms with van der Waals surface area (Å²) in [6.45, 7) is 0. The van der Waals surface area contributed by atoms with Crippen LogP contribution >= 0.6 is 0 Å². The lowest BCUT2D eigenvalue weighted by Crippen LogP contribution is -2.31. The van der Waals surface area contributed by atoms with Gasteiger partial charge in [-0.05, 0) is 12.8 Å². The SMILES string of the molecule is COC(=O)[C@@H](N)CCCCCC[C@H](N)C(=O)OC. The average molecular weight is 260 g/mol. The minimum absolute atomic E-state index is 0.372. The number of unbranched alkanes of at least 4 members (excludes halogenated alkanes) is 3. The second-order valence-corrected chi connectivity index (χ2v) is 4.25. The van der Waals surface area contributed by atoms with Gasteiger partial charge in [-0.25, -0.2) is 0 Å². The molecule has 18 heavy (non-hydrogen) atoms. The van der Waals surface area contributed by atoms with Crippen LogP contribution in [0.2, 0.25) is 0 Å². The molecular weight excluding hydrogens is 236 g/mol. The van der Waals surface area contributed by atoms with Gasteiger partial charge in [0.1, 0.15) is 12.1 Å². The molecule has 106 valence electrons. The van der Waals surface area contributed by atoms with E-state index >= 15 is 0 Å². The third-order valence-electron chi connectivity index (χ3n) is 2.79. The van der Waals surface area contributed by atoms with Gasteiger partial charge in [0, 0.05) is 0 Å². The van der Waals surface area contributed by atoms with Crippen LogP contribution in [0.25, 0.3) is 0 Å². The number of nitrogens with two attached hydrogens (primary N) is 2. The molecule has 0 aliphatic carbocycles. The molecule has 0 amide bonds. The van der Waals surface area contributed by atoms with Crippen molar-refractivity contribution in [1.82, 2.24) is 0 Å². The van der Waals surface area contributed by atoms with Crippen molar-refractivity contribution >= 4 is 11.9 Å². The van der Waals surface area contributed by atoms with Crippen LogP contribution in [0.1, 0.15) is 38.5 Å². The summed E-state index contributed by atoms with van der Waals surface area (Å²) in [6.07, 6.45) is 4.89. The largest absolute Gasteiger partial charge is 0.468 e. The number of rotatable bonds is 9. The smallest absolute Gasteiger partial charge is 0.322 e. The van der Waals surface area contributed by atoms with Crippen molar-refractivity contribution < 1.29 is 19.1 Å². The Morgan fingerprint density at radius 1 is 0.833 bits per heavy atom. The Hall–Kier alpha value is -1.14. The van der Waals surface area contributed by atoms with E-state index in [9.17, 15) is 9.59 Å². The van der Waals surface area contributed by atoms with Crippen LogP contribution < -0.4 is 11.5 Å². The highest BCUT2D eigenvalue weighted by atomic mass is 16.5. The van der Waals surface area contributed by atoms with E-state index in [-0.39, 0.29) is 11.9 Å². The molecule has 0 saturated heterocycles. The van der Waals surface area contributed by atoms with Gasteiger partial charge in [0.2, 0.25) is 0 Å². The van der Waals surface area contributed by atoms with Gasteiger partial charge < -0.3 is 20.9 Å². The summed E-state index contributed by atoms with van der Waals surface area (Å²) in [6, 6.07) is -1.07. The number of ether oxygens (including phenoxy) is 2. The van der Waals surface area contributed by atoms with Crippen molar-refractivity contribution in [2.24, 2.45) is 11.5 Å². The first kappa shape index (κ1) is 16.9. The first-order chi connectivity index (χ1) is 8.52. The van der Waals surface area contributed by atoms with Crippen LogP contribution in [0, 0.1) is 0 Å². The van der Waals surface area contributed by atoms with E-state index in [0.29, 0.717) is 12.8 Å². The molecule has 0 bridgehead atoms. The normalized spacial score (nSPS) is 13.8. The van der Waals surface area contributed by atoms with Crippen LogP contribution in [0.15, 0.2) is 0 Å². The molecule has 0 unspecified atom stereocenters. The second kappa shape index (κ2) is 9.85. The van der Waals surface area contributed by atoms with Gasteiger partial charge in [0.05, 0.1) is 14.2 Å². The van der Waals surface area contributed by atoms with Crippen LogP contribution in [0.5, 0.6) is 0 Å². The molecule has 0 fully saturated rings. The zero-order valence-electron chi connectivity index (χ0n) is 11.2. The van der Waals surface area contributed by atoms with Gasteiger partial charge in [0.25, 0.3) is 0 Å². The predicted octanol–water partition coefficient (Wildman–Crippen LogP) is 0.328. The molecule has 0 spiro atoms. The summed E-state index contributed by atoms with van der Waals surface area (Å²) in [5.41, 5.74) is 11.2. The van der Waals surface area contributed by atoms with E-state index < -0.39 is 12.1 Å². The lowest BCUT2D eigenvalue weighted by molar-refractivity contribution is -0.143. The number of esters is 2. The molecule has 0 radical (unpaired) electrons. The number of carbonyl (C=O) groups excluding carboxylic acids is 2. The van der Waals surface area contributed by atoms with E-state index in [2.05, 4.69) is 9.47 Å². The first-order valence-corrected chi connectivity index (χ1v) is 6.19. The summed E-state index contributed by atoms with van der Waals surface area (Å²) >= 11 is 0. The quantitative estimate of drug-likeness (QED) is 0.457. The highest BCUT2D eigenvalue weighted by Gasteiger charge is 2.14. The Bertz CT molecular complexity index is 232. The lowest BCUT2D eigenvalue weighted by atomic mass is 10.0. The molecular formula is C12H24N2O4. The van der Waals surface area contributed by atoms with Crippen molar-refractivity contribution in [3.8, 4) is 0 Å². The Morgan fingerprint density at radius 3 is 1.44 bits per heavy atom. The van der Waals surface area contributed by atoms with Crippen molar-refractivity contribution in [1.29, 1.82) is 0 Å². The Morgan fingerprint density at radius 2 is 1.17 bits per heavy atom. The fourth-order valence-electron chi connectivity index (χ4n) is 1.62.